The second-order valence-electron chi connectivity index (χ2n) is 8.07. The second kappa shape index (κ2) is 9.95. The van der Waals surface area contributed by atoms with Crippen LogP contribution in [0.15, 0.2) is 54.7 Å². The maximum Gasteiger partial charge on any atom is 0.338 e. The van der Waals surface area contributed by atoms with Crippen LogP contribution >= 0.6 is 11.6 Å². The average molecular weight is 475 g/mol. The summed E-state index contributed by atoms with van der Waals surface area (Å²) >= 11 is 5.97. The van der Waals surface area contributed by atoms with Crippen LogP contribution in [0.25, 0.3) is 0 Å². The molecule has 0 spiro atoms. The van der Waals surface area contributed by atoms with Crippen LogP contribution in [0.1, 0.15) is 47.1 Å². The molecule has 1 amide bonds. The number of nitrogens with zero attached hydrogens (tertiary/aromatic N) is 1. The lowest BCUT2D eigenvalue weighted by Gasteiger charge is -2.19. The van der Waals surface area contributed by atoms with Gasteiger partial charge < -0.3 is 14.8 Å². The number of esters is 1. The summed E-state index contributed by atoms with van der Waals surface area (Å²) in [6.45, 7) is 5.49. The summed E-state index contributed by atoms with van der Waals surface area (Å²) in [6.07, 6.45) is 1.27. The summed E-state index contributed by atoms with van der Waals surface area (Å²) in [5, 5.41) is 2.90. The molecule has 0 aliphatic heterocycles. The zero-order valence-corrected chi connectivity index (χ0v) is 18.9. The summed E-state index contributed by atoms with van der Waals surface area (Å²) in [7, 11) is 0. The minimum absolute atomic E-state index is 0.0117. The molecule has 2 aromatic carbocycles. The van der Waals surface area contributed by atoms with Crippen molar-refractivity contribution in [1.29, 1.82) is 0 Å². The largest absolute Gasteiger partial charge is 0.456 e. The van der Waals surface area contributed by atoms with Gasteiger partial charge in [-0.15, -0.1) is 0 Å². The van der Waals surface area contributed by atoms with E-state index in [4.69, 9.17) is 21.1 Å². The molecule has 0 fully saturated rings. The number of benzene rings is 2. The fourth-order valence-corrected chi connectivity index (χ4v) is 2.85. The standard InChI is InChI=1S/C24H21ClF2N2O4/c1-24(2,3)33-23(31)15-6-4-14(5-7-15)12-28-21(30)18-10-16(25)13-29-22(18)32-17-8-9-19(26)20(27)11-17/h4-11,13H,12H2,1-3H3,(H,28,30). The van der Waals surface area contributed by atoms with Crippen LogP contribution in [0.5, 0.6) is 11.6 Å². The van der Waals surface area contributed by atoms with Gasteiger partial charge >= 0.3 is 5.97 Å². The molecule has 0 atom stereocenters. The van der Waals surface area contributed by atoms with Crippen LogP contribution in [-0.4, -0.2) is 22.5 Å². The first-order valence-corrected chi connectivity index (χ1v) is 10.3. The zero-order valence-electron chi connectivity index (χ0n) is 18.1. The van der Waals surface area contributed by atoms with Gasteiger partial charge in [0.25, 0.3) is 5.91 Å². The van der Waals surface area contributed by atoms with Crippen LogP contribution < -0.4 is 10.1 Å². The maximum atomic E-state index is 13.5. The molecule has 0 aliphatic rings. The first-order chi connectivity index (χ1) is 15.5. The van der Waals surface area contributed by atoms with Crippen molar-refractivity contribution in [2.24, 2.45) is 0 Å². The second-order valence-corrected chi connectivity index (χ2v) is 8.50. The highest BCUT2D eigenvalue weighted by molar-refractivity contribution is 6.30. The summed E-state index contributed by atoms with van der Waals surface area (Å²) in [5.74, 6) is -3.26. The number of nitrogens with one attached hydrogen (secondary N) is 1. The third-order valence-electron chi connectivity index (χ3n) is 4.21. The molecule has 0 saturated carbocycles. The lowest BCUT2D eigenvalue weighted by molar-refractivity contribution is 0.00693. The van der Waals surface area contributed by atoms with Crippen molar-refractivity contribution in [2.75, 3.05) is 0 Å². The predicted molar refractivity (Wildman–Crippen MR) is 118 cm³/mol. The monoisotopic (exact) mass is 474 g/mol. The van der Waals surface area contributed by atoms with Crippen LogP contribution in [0, 0.1) is 11.6 Å². The molecule has 0 bridgehead atoms. The van der Waals surface area contributed by atoms with Crippen molar-refractivity contribution in [3.8, 4) is 11.6 Å². The molecule has 1 aromatic heterocycles. The van der Waals surface area contributed by atoms with Gasteiger partial charge in [0.2, 0.25) is 5.88 Å². The van der Waals surface area contributed by atoms with Gasteiger partial charge in [-0.1, -0.05) is 23.7 Å². The van der Waals surface area contributed by atoms with Gasteiger partial charge in [-0.3, -0.25) is 4.79 Å². The average Bonchev–Trinajstić information content (AvgIpc) is 2.75. The fourth-order valence-electron chi connectivity index (χ4n) is 2.70. The van der Waals surface area contributed by atoms with Crippen LogP contribution in [0.4, 0.5) is 8.78 Å². The lowest BCUT2D eigenvalue weighted by Crippen LogP contribution is -2.24. The molecular formula is C24H21ClF2N2O4. The number of rotatable bonds is 6. The summed E-state index contributed by atoms with van der Waals surface area (Å²) in [6, 6.07) is 10.9. The quantitative estimate of drug-likeness (QED) is 0.464. The van der Waals surface area contributed by atoms with Gasteiger partial charge in [-0.25, -0.2) is 18.6 Å². The molecule has 33 heavy (non-hydrogen) atoms. The van der Waals surface area contributed by atoms with Crippen molar-refractivity contribution in [1.82, 2.24) is 10.3 Å². The lowest BCUT2D eigenvalue weighted by atomic mass is 10.1. The molecule has 1 heterocycles. The molecule has 0 saturated heterocycles. The molecule has 3 aromatic rings. The van der Waals surface area contributed by atoms with Crippen LogP contribution in [0.3, 0.4) is 0 Å². The first kappa shape index (κ1) is 24.1. The van der Waals surface area contributed by atoms with Crippen LogP contribution in [-0.2, 0) is 11.3 Å². The number of carbonyl (C=O) groups excluding carboxylic acids is 2. The van der Waals surface area contributed by atoms with Crippen molar-refractivity contribution in [3.63, 3.8) is 0 Å². The van der Waals surface area contributed by atoms with E-state index in [0.717, 1.165) is 17.7 Å². The number of carbonyl (C=O) groups is 2. The molecule has 6 nitrogen and oxygen atoms in total. The minimum atomic E-state index is -1.10. The van der Waals surface area contributed by atoms with Gasteiger partial charge in [0.15, 0.2) is 11.6 Å². The van der Waals surface area contributed by atoms with E-state index < -0.39 is 29.1 Å². The zero-order chi connectivity index (χ0) is 24.2. The van der Waals surface area contributed by atoms with E-state index in [1.165, 1.54) is 18.3 Å². The van der Waals surface area contributed by atoms with E-state index >= 15 is 0 Å². The van der Waals surface area contributed by atoms with Gasteiger partial charge in [-0.05, 0) is 56.7 Å². The Morgan fingerprint density at radius 1 is 1.03 bits per heavy atom. The Morgan fingerprint density at radius 3 is 2.36 bits per heavy atom. The Morgan fingerprint density at radius 2 is 1.73 bits per heavy atom. The number of hydrogen-bond donors (Lipinski definition) is 1. The van der Waals surface area contributed by atoms with E-state index in [0.29, 0.717) is 5.56 Å². The molecule has 0 aliphatic carbocycles. The third-order valence-corrected chi connectivity index (χ3v) is 4.42. The predicted octanol–water partition coefficient (Wildman–Crippen LogP) is 5.69. The molecule has 172 valence electrons. The smallest absolute Gasteiger partial charge is 0.338 e. The number of amides is 1. The number of aromatic nitrogens is 1. The van der Waals surface area contributed by atoms with Gasteiger partial charge in [0, 0.05) is 18.8 Å². The summed E-state index contributed by atoms with van der Waals surface area (Å²) < 4.78 is 37.4. The first-order valence-electron chi connectivity index (χ1n) is 9.91. The number of hydrogen-bond acceptors (Lipinski definition) is 5. The van der Waals surface area contributed by atoms with E-state index in [1.807, 2.05) is 0 Å². The molecule has 0 unspecified atom stereocenters. The van der Waals surface area contributed by atoms with Crippen molar-refractivity contribution < 1.29 is 27.8 Å². The Kier molecular flexibility index (Phi) is 7.28. The van der Waals surface area contributed by atoms with Gasteiger partial charge in [0.05, 0.1) is 10.6 Å². The molecule has 3 rings (SSSR count). The number of halogens is 3. The summed E-state index contributed by atoms with van der Waals surface area (Å²) in [5.41, 5.74) is 0.529. The molecule has 0 radical (unpaired) electrons. The molecular weight excluding hydrogens is 454 g/mol. The third kappa shape index (κ3) is 6.73. The van der Waals surface area contributed by atoms with Crippen molar-refractivity contribution in [2.45, 2.75) is 32.9 Å². The molecule has 1 N–H and O–H groups in total. The van der Waals surface area contributed by atoms with Crippen molar-refractivity contribution in [3.05, 3.63) is 88.1 Å². The van der Waals surface area contributed by atoms with E-state index in [1.54, 1.807) is 45.0 Å². The van der Waals surface area contributed by atoms with Gasteiger partial charge in [0.1, 0.15) is 16.9 Å². The SMILES string of the molecule is CC(C)(C)OC(=O)c1ccc(CNC(=O)c2cc(Cl)cnc2Oc2ccc(F)c(F)c2)cc1. The van der Waals surface area contributed by atoms with E-state index in [9.17, 15) is 18.4 Å². The minimum Gasteiger partial charge on any atom is -0.456 e. The van der Waals surface area contributed by atoms with Gasteiger partial charge in [-0.2, -0.15) is 0 Å². The Bertz CT molecular complexity index is 1180. The Hall–Kier alpha value is -3.52. The van der Waals surface area contributed by atoms with E-state index in [-0.39, 0.29) is 28.8 Å². The van der Waals surface area contributed by atoms with Crippen LogP contribution in [0.2, 0.25) is 5.02 Å². The number of pyridine rings is 1. The van der Waals surface area contributed by atoms with Crippen molar-refractivity contribution >= 4 is 23.5 Å². The Balaban J connectivity index is 1.69. The van der Waals surface area contributed by atoms with E-state index in [2.05, 4.69) is 10.3 Å². The highest BCUT2D eigenvalue weighted by Gasteiger charge is 2.19. The number of ether oxygens (including phenoxy) is 2. The highest BCUT2D eigenvalue weighted by Crippen LogP contribution is 2.26. The normalized spacial score (nSPS) is 11.1. The summed E-state index contributed by atoms with van der Waals surface area (Å²) in [4.78, 5) is 28.8. The maximum absolute atomic E-state index is 13.5. The fraction of sp³-hybridized carbons (Fsp3) is 0.208. The molecule has 9 heteroatoms. The topological polar surface area (TPSA) is 77.5 Å². The highest BCUT2D eigenvalue weighted by atomic mass is 35.5. The Labute approximate surface area is 194 Å².